The van der Waals surface area contributed by atoms with Crippen molar-refractivity contribution in [2.75, 3.05) is 32.8 Å². The molecule has 2 aliphatic rings. The first-order valence-corrected chi connectivity index (χ1v) is 10.6. The van der Waals surface area contributed by atoms with Crippen LogP contribution in [0.1, 0.15) is 35.6 Å². The second-order valence-corrected chi connectivity index (χ2v) is 8.01. The minimum Gasteiger partial charge on any atom is -0.392 e. The molecule has 0 unspecified atom stereocenters. The van der Waals surface area contributed by atoms with E-state index in [2.05, 4.69) is 17.0 Å². The first-order valence-electron chi connectivity index (χ1n) is 10.6. The first-order chi connectivity index (χ1) is 14.2. The van der Waals surface area contributed by atoms with Crippen molar-refractivity contribution in [2.45, 2.75) is 38.0 Å². The molecule has 2 atom stereocenters. The van der Waals surface area contributed by atoms with Crippen LogP contribution in [0, 0.1) is 0 Å². The van der Waals surface area contributed by atoms with Crippen LogP contribution >= 0.6 is 0 Å². The number of aliphatic hydroxyl groups is 1. The molecule has 2 aromatic carbocycles. The van der Waals surface area contributed by atoms with Gasteiger partial charge in [0.25, 0.3) is 0 Å². The Morgan fingerprint density at radius 1 is 0.966 bits per heavy atom. The molecule has 0 bridgehead atoms. The molecule has 0 radical (unpaired) electrons. The molecule has 4 rings (SSSR count). The van der Waals surface area contributed by atoms with Gasteiger partial charge in [0, 0.05) is 13.1 Å². The molecule has 0 saturated carbocycles. The monoisotopic (exact) mass is 394 g/mol. The van der Waals surface area contributed by atoms with E-state index in [1.165, 1.54) is 12.8 Å². The molecule has 1 amide bonds. The summed E-state index contributed by atoms with van der Waals surface area (Å²) in [6, 6.07) is 17.9. The van der Waals surface area contributed by atoms with Crippen LogP contribution in [0.15, 0.2) is 54.6 Å². The van der Waals surface area contributed by atoms with Crippen molar-refractivity contribution in [3.05, 3.63) is 71.3 Å². The van der Waals surface area contributed by atoms with E-state index in [0.29, 0.717) is 19.6 Å². The van der Waals surface area contributed by atoms with Gasteiger partial charge >= 0.3 is 0 Å². The van der Waals surface area contributed by atoms with Crippen LogP contribution in [0.3, 0.4) is 0 Å². The summed E-state index contributed by atoms with van der Waals surface area (Å²) in [5, 5.41) is 9.23. The fourth-order valence-electron chi connectivity index (χ4n) is 4.47. The average molecular weight is 395 g/mol. The maximum Gasteiger partial charge on any atom is 0.227 e. The van der Waals surface area contributed by atoms with Crippen LogP contribution in [-0.4, -0.2) is 59.7 Å². The Labute approximate surface area is 172 Å². The largest absolute Gasteiger partial charge is 0.392 e. The third kappa shape index (κ3) is 4.86. The number of hydrogen-bond acceptors (Lipinski definition) is 4. The van der Waals surface area contributed by atoms with Crippen molar-refractivity contribution >= 4 is 5.91 Å². The molecule has 0 spiro atoms. The van der Waals surface area contributed by atoms with Crippen LogP contribution in [-0.2, 0) is 22.6 Å². The molecular formula is C24H30N2O3. The number of ether oxygens (including phenoxy) is 1. The standard InChI is InChI=1S/C24H30N2O3/c27-18-20-10-8-19(9-11-20)16-23(28)26-14-15-29-22(17-25-12-4-5-13-25)24(26)21-6-2-1-3-7-21/h1-3,6-11,22,24,27H,4-5,12-18H2/t22-,24-/m0/s1. The molecule has 2 heterocycles. The number of hydrogen-bond donors (Lipinski definition) is 1. The van der Waals surface area contributed by atoms with Crippen molar-refractivity contribution in [3.8, 4) is 0 Å². The minimum absolute atomic E-state index is 0.00929. The third-order valence-electron chi connectivity index (χ3n) is 6.01. The lowest BCUT2D eigenvalue weighted by atomic mass is 9.96. The van der Waals surface area contributed by atoms with Crippen molar-refractivity contribution in [1.82, 2.24) is 9.80 Å². The normalized spacial score (nSPS) is 22.7. The maximum absolute atomic E-state index is 13.3. The maximum atomic E-state index is 13.3. The zero-order chi connectivity index (χ0) is 20.1. The first kappa shape index (κ1) is 20.1. The molecule has 0 aromatic heterocycles. The molecule has 5 heteroatoms. The van der Waals surface area contributed by atoms with Gasteiger partial charge in [0.2, 0.25) is 5.91 Å². The molecule has 154 valence electrons. The zero-order valence-electron chi connectivity index (χ0n) is 16.9. The highest BCUT2D eigenvalue weighted by Crippen LogP contribution is 2.31. The lowest BCUT2D eigenvalue weighted by Crippen LogP contribution is -2.52. The Balaban J connectivity index is 1.54. The van der Waals surface area contributed by atoms with Gasteiger partial charge in [-0.25, -0.2) is 0 Å². The van der Waals surface area contributed by atoms with E-state index in [4.69, 9.17) is 4.74 Å². The topological polar surface area (TPSA) is 53.0 Å². The highest BCUT2D eigenvalue weighted by atomic mass is 16.5. The number of benzene rings is 2. The quantitative estimate of drug-likeness (QED) is 0.819. The van der Waals surface area contributed by atoms with Gasteiger partial charge in [0.05, 0.1) is 31.8 Å². The lowest BCUT2D eigenvalue weighted by Gasteiger charge is -2.43. The average Bonchev–Trinajstić information content (AvgIpc) is 3.28. The van der Waals surface area contributed by atoms with Gasteiger partial charge in [-0.1, -0.05) is 54.6 Å². The molecule has 2 aliphatic heterocycles. The van der Waals surface area contributed by atoms with Crippen molar-refractivity contribution < 1.29 is 14.6 Å². The van der Waals surface area contributed by atoms with Gasteiger partial charge in [0.15, 0.2) is 0 Å². The van der Waals surface area contributed by atoms with Gasteiger partial charge in [-0.2, -0.15) is 0 Å². The molecule has 29 heavy (non-hydrogen) atoms. The number of amides is 1. The van der Waals surface area contributed by atoms with Crippen LogP contribution in [0.25, 0.3) is 0 Å². The smallest absolute Gasteiger partial charge is 0.227 e. The van der Waals surface area contributed by atoms with E-state index in [1.807, 2.05) is 47.4 Å². The number of carbonyl (C=O) groups excluding carboxylic acids is 1. The summed E-state index contributed by atoms with van der Waals surface area (Å²) >= 11 is 0. The van der Waals surface area contributed by atoms with E-state index >= 15 is 0 Å². The van der Waals surface area contributed by atoms with Gasteiger partial charge < -0.3 is 19.6 Å². The second-order valence-electron chi connectivity index (χ2n) is 8.01. The third-order valence-corrected chi connectivity index (χ3v) is 6.01. The van der Waals surface area contributed by atoms with Crippen molar-refractivity contribution in [1.29, 1.82) is 0 Å². The number of likely N-dealkylation sites (tertiary alicyclic amines) is 1. The number of rotatable bonds is 6. The summed E-state index contributed by atoms with van der Waals surface area (Å²) in [5.41, 5.74) is 2.97. The minimum atomic E-state index is -0.0604. The fourth-order valence-corrected chi connectivity index (χ4v) is 4.47. The van der Waals surface area contributed by atoms with E-state index in [-0.39, 0.29) is 24.7 Å². The summed E-state index contributed by atoms with van der Waals surface area (Å²) < 4.78 is 6.20. The summed E-state index contributed by atoms with van der Waals surface area (Å²) in [6.45, 7) is 4.32. The molecular weight excluding hydrogens is 364 g/mol. The predicted octanol–water partition coefficient (Wildman–Crippen LogP) is 2.79. The van der Waals surface area contributed by atoms with Crippen LogP contribution in [0.2, 0.25) is 0 Å². The fraction of sp³-hybridized carbons (Fsp3) is 0.458. The number of carbonyl (C=O) groups is 1. The molecule has 2 fully saturated rings. The van der Waals surface area contributed by atoms with Gasteiger partial charge in [-0.15, -0.1) is 0 Å². The Morgan fingerprint density at radius 2 is 1.66 bits per heavy atom. The molecule has 1 N–H and O–H groups in total. The predicted molar refractivity (Wildman–Crippen MR) is 112 cm³/mol. The highest BCUT2D eigenvalue weighted by molar-refractivity contribution is 5.79. The Bertz CT molecular complexity index is 788. The lowest BCUT2D eigenvalue weighted by molar-refractivity contribution is -0.147. The number of morpholine rings is 1. The van der Waals surface area contributed by atoms with Crippen molar-refractivity contribution in [3.63, 3.8) is 0 Å². The molecule has 5 nitrogen and oxygen atoms in total. The van der Waals surface area contributed by atoms with Gasteiger partial charge in [-0.05, 0) is 42.6 Å². The summed E-state index contributed by atoms with van der Waals surface area (Å²) in [5.74, 6) is 0.130. The number of nitrogens with zero attached hydrogens (tertiary/aromatic N) is 2. The molecule has 2 aromatic rings. The van der Waals surface area contributed by atoms with Gasteiger partial charge in [0.1, 0.15) is 0 Å². The Hall–Kier alpha value is -2.21. The summed E-state index contributed by atoms with van der Waals surface area (Å²) in [7, 11) is 0. The van der Waals surface area contributed by atoms with Gasteiger partial charge in [-0.3, -0.25) is 4.79 Å². The zero-order valence-corrected chi connectivity index (χ0v) is 16.9. The SMILES string of the molecule is O=C(Cc1ccc(CO)cc1)N1CCO[C@@H](CN2CCCC2)[C@@H]1c1ccccc1. The van der Waals surface area contributed by atoms with E-state index in [1.54, 1.807) is 0 Å². The van der Waals surface area contributed by atoms with E-state index in [0.717, 1.165) is 36.3 Å². The van der Waals surface area contributed by atoms with Crippen molar-refractivity contribution in [2.24, 2.45) is 0 Å². The Morgan fingerprint density at radius 3 is 2.34 bits per heavy atom. The number of aliphatic hydroxyl groups excluding tert-OH is 1. The van der Waals surface area contributed by atoms with E-state index in [9.17, 15) is 9.90 Å². The van der Waals surface area contributed by atoms with E-state index < -0.39 is 0 Å². The summed E-state index contributed by atoms with van der Waals surface area (Å²) in [4.78, 5) is 17.8. The molecule has 2 saturated heterocycles. The summed E-state index contributed by atoms with van der Waals surface area (Å²) in [6.07, 6.45) is 2.85. The van der Waals surface area contributed by atoms with Crippen LogP contribution in [0.5, 0.6) is 0 Å². The molecule has 0 aliphatic carbocycles. The van der Waals surface area contributed by atoms with Crippen LogP contribution in [0.4, 0.5) is 0 Å². The Kier molecular flexibility index (Phi) is 6.60. The second kappa shape index (κ2) is 9.53. The van der Waals surface area contributed by atoms with Crippen LogP contribution < -0.4 is 0 Å². The highest BCUT2D eigenvalue weighted by Gasteiger charge is 2.37.